The van der Waals surface area contributed by atoms with Crippen LogP contribution in [0.1, 0.15) is 22.5 Å². The number of alkyl halides is 3. The van der Waals surface area contributed by atoms with Crippen LogP contribution < -0.4 is 10.6 Å². The van der Waals surface area contributed by atoms with Gasteiger partial charge in [-0.1, -0.05) is 12.1 Å². The van der Waals surface area contributed by atoms with Crippen molar-refractivity contribution in [2.45, 2.75) is 26.6 Å². The molecule has 0 radical (unpaired) electrons. The Kier molecular flexibility index (Phi) is 5.63. The van der Waals surface area contributed by atoms with Gasteiger partial charge in [-0.15, -0.1) is 0 Å². The second-order valence-corrected chi connectivity index (χ2v) is 6.56. The summed E-state index contributed by atoms with van der Waals surface area (Å²) in [6.07, 6.45) is -4.57. The van der Waals surface area contributed by atoms with Gasteiger partial charge in [-0.05, 0) is 61.9 Å². The summed E-state index contributed by atoms with van der Waals surface area (Å²) in [6.45, 7) is 3.85. The molecule has 0 saturated heterocycles. The molecule has 0 unspecified atom stereocenters. The minimum Gasteiger partial charge on any atom is -0.334 e. The number of para-hydroxylation sites is 1. The Balaban J connectivity index is 1.72. The largest absolute Gasteiger partial charge is 0.418 e. The normalized spacial score (nSPS) is 11.4. The molecule has 3 rings (SSSR count). The molecular formula is C21H19F4N3O. The van der Waals surface area contributed by atoms with Crippen molar-refractivity contribution in [1.82, 2.24) is 9.88 Å². The highest BCUT2D eigenvalue weighted by molar-refractivity contribution is 5.90. The zero-order valence-corrected chi connectivity index (χ0v) is 15.8. The van der Waals surface area contributed by atoms with Crippen molar-refractivity contribution >= 4 is 11.7 Å². The Bertz CT molecular complexity index is 1020. The van der Waals surface area contributed by atoms with E-state index in [4.69, 9.17) is 0 Å². The molecule has 0 bridgehead atoms. The molecule has 1 aromatic heterocycles. The first kappa shape index (κ1) is 20.4. The molecule has 2 amide bonds. The highest BCUT2D eigenvalue weighted by Gasteiger charge is 2.33. The van der Waals surface area contributed by atoms with Crippen LogP contribution in [-0.2, 0) is 12.7 Å². The third-order valence-electron chi connectivity index (χ3n) is 4.54. The second-order valence-electron chi connectivity index (χ2n) is 6.56. The van der Waals surface area contributed by atoms with Crippen molar-refractivity contribution in [2.75, 3.05) is 5.32 Å². The van der Waals surface area contributed by atoms with Crippen LogP contribution in [0.4, 0.5) is 28.0 Å². The van der Waals surface area contributed by atoms with Crippen molar-refractivity contribution in [3.63, 3.8) is 0 Å². The third kappa shape index (κ3) is 4.59. The molecule has 0 saturated carbocycles. The molecule has 0 atom stereocenters. The molecule has 8 heteroatoms. The second kappa shape index (κ2) is 7.98. The molecule has 0 fully saturated rings. The summed E-state index contributed by atoms with van der Waals surface area (Å²) in [4.78, 5) is 12.1. The molecule has 152 valence electrons. The van der Waals surface area contributed by atoms with E-state index >= 15 is 0 Å². The van der Waals surface area contributed by atoms with Crippen LogP contribution in [-0.4, -0.2) is 10.6 Å². The van der Waals surface area contributed by atoms with Crippen molar-refractivity contribution in [3.8, 4) is 5.69 Å². The molecule has 0 aliphatic carbocycles. The van der Waals surface area contributed by atoms with E-state index in [9.17, 15) is 22.4 Å². The van der Waals surface area contributed by atoms with Crippen molar-refractivity contribution in [3.05, 3.63) is 82.9 Å². The number of anilines is 1. The first-order valence-corrected chi connectivity index (χ1v) is 8.81. The number of hydrogen-bond donors (Lipinski definition) is 2. The fourth-order valence-electron chi connectivity index (χ4n) is 3.18. The van der Waals surface area contributed by atoms with E-state index in [1.165, 1.54) is 30.3 Å². The fraction of sp³-hybridized carbons (Fsp3) is 0.190. The fourth-order valence-corrected chi connectivity index (χ4v) is 3.18. The van der Waals surface area contributed by atoms with E-state index in [1.54, 1.807) is 12.1 Å². The Labute approximate surface area is 165 Å². The molecule has 29 heavy (non-hydrogen) atoms. The van der Waals surface area contributed by atoms with Crippen LogP contribution in [0, 0.1) is 19.7 Å². The number of urea groups is 1. The van der Waals surface area contributed by atoms with E-state index < -0.39 is 17.8 Å². The number of aryl methyl sites for hydroxylation is 1. The number of amides is 2. The Morgan fingerprint density at radius 3 is 2.34 bits per heavy atom. The molecule has 0 aliphatic rings. The first-order valence-electron chi connectivity index (χ1n) is 8.81. The molecule has 3 aromatic rings. The van der Waals surface area contributed by atoms with Crippen LogP contribution in [0.25, 0.3) is 5.69 Å². The maximum absolute atomic E-state index is 13.2. The monoisotopic (exact) mass is 405 g/mol. The van der Waals surface area contributed by atoms with Gasteiger partial charge >= 0.3 is 12.2 Å². The zero-order valence-electron chi connectivity index (χ0n) is 15.8. The van der Waals surface area contributed by atoms with Gasteiger partial charge in [0.15, 0.2) is 0 Å². The predicted octanol–water partition coefficient (Wildman–Crippen LogP) is 5.57. The zero-order chi connectivity index (χ0) is 21.2. The van der Waals surface area contributed by atoms with Crippen LogP contribution in [0.3, 0.4) is 0 Å². The van der Waals surface area contributed by atoms with Gasteiger partial charge < -0.3 is 15.2 Å². The highest BCUT2D eigenvalue weighted by Crippen LogP contribution is 2.34. The number of rotatable bonds is 4. The number of carbonyl (C=O) groups excluding carboxylic acids is 1. The lowest BCUT2D eigenvalue weighted by molar-refractivity contribution is -0.136. The Hall–Kier alpha value is -3.29. The average Bonchev–Trinajstić information content (AvgIpc) is 2.94. The lowest BCUT2D eigenvalue weighted by atomic mass is 10.1. The maximum atomic E-state index is 13.2. The SMILES string of the molecule is Cc1cc(CNC(=O)Nc2ccccc2C(F)(F)F)c(C)n1-c1ccc(F)cc1. The smallest absolute Gasteiger partial charge is 0.334 e. The van der Waals surface area contributed by atoms with Crippen LogP contribution in [0.2, 0.25) is 0 Å². The molecule has 1 heterocycles. The van der Waals surface area contributed by atoms with Gasteiger partial charge in [0.25, 0.3) is 0 Å². The van der Waals surface area contributed by atoms with Gasteiger partial charge in [0.2, 0.25) is 0 Å². The lowest BCUT2D eigenvalue weighted by Gasteiger charge is -2.14. The molecule has 4 nitrogen and oxygen atoms in total. The van der Waals surface area contributed by atoms with Gasteiger partial charge in [0, 0.05) is 23.6 Å². The topological polar surface area (TPSA) is 46.1 Å². The van der Waals surface area contributed by atoms with Crippen LogP contribution in [0.15, 0.2) is 54.6 Å². The van der Waals surface area contributed by atoms with Gasteiger partial charge in [-0.3, -0.25) is 0 Å². The first-order chi connectivity index (χ1) is 13.7. The number of aromatic nitrogens is 1. The molecular weight excluding hydrogens is 386 g/mol. The Morgan fingerprint density at radius 2 is 1.69 bits per heavy atom. The number of hydrogen-bond acceptors (Lipinski definition) is 1. The summed E-state index contributed by atoms with van der Waals surface area (Å²) >= 11 is 0. The summed E-state index contributed by atoms with van der Waals surface area (Å²) in [5, 5.41) is 4.82. The number of carbonyl (C=O) groups is 1. The molecule has 2 N–H and O–H groups in total. The van der Waals surface area contributed by atoms with E-state index in [0.29, 0.717) is 0 Å². The summed E-state index contributed by atoms with van der Waals surface area (Å²) in [7, 11) is 0. The molecule has 0 spiro atoms. The van der Waals surface area contributed by atoms with Crippen molar-refractivity contribution in [2.24, 2.45) is 0 Å². The van der Waals surface area contributed by atoms with E-state index in [0.717, 1.165) is 28.7 Å². The standard InChI is InChI=1S/C21H19F4N3O/c1-13-11-15(14(2)28(13)17-9-7-16(22)8-10-17)12-26-20(29)27-19-6-4-3-5-18(19)21(23,24)25/h3-11H,12H2,1-2H3,(H2,26,27,29). The van der Waals surface area contributed by atoms with Gasteiger partial charge in [0.1, 0.15) is 5.82 Å². The summed E-state index contributed by atoms with van der Waals surface area (Å²) < 4.78 is 54.2. The Morgan fingerprint density at radius 1 is 1.03 bits per heavy atom. The number of nitrogens with one attached hydrogen (secondary N) is 2. The molecule has 0 aliphatic heterocycles. The number of nitrogens with zero attached hydrogens (tertiary/aromatic N) is 1. The number of benzene rings is 2. The predicted molar refractivity (Wildman–Crippen MR) is 103 cm³/mol. The van der Waals surface area contributed by atoms with E-state index in [2.05, 4.69) is 10.6 Å². The van der Waals surface area contributed by atoms with Crippen molar-refractivity contribution in [1.29, 1.82) is 0 Å². The average molecular weight is 405 g/mol. The third-order valence-corrected chi connectivity index (χ3v) is 4.54. The van der Waals surface area contributed by atoms with E-state index in [1.807, 2.05) is 24.5 Å². The summed E-state index contributed by atoms with van der Waals surface area (Å²) in [6, 6.07) is 11.9. The minimum atomic E-state index is -4.57. The number of halogens is 4. The van der Waals surface area contributed by atoms with Gasteiger partial charge in [0.05, 0.1) is 11.3 Å². The van der Waals surface area contributed by atoms with Crippen LogP contribution in [0.5, 0.6) is 0 Å². The molecule has 2 aromatic carbocycles. The van der Waals surface area contributed by atoms with Crippen LogP contribution >= 0.6 is 0 Å². The minimum absolute atomic E-state index is 0.126. The summed E-state index contributed by atoms with van der Waals surface area (Å²) in [5.41, 5.74) is 2.07. The highest BCUT2D eigenvalue weighted by atomic mass is 19.4. The van der Waals surface area contributed by atoms with E-state index in [-0.39, 0.29) is 18.0 Å². The van der Waals surface area contributed by atoms with Gasteiger partial charge in [-0.2, -0.15) is 13.2 Å². The van der Waals surface area contributed by atoms with Crippen molar-refractivity contribution < 1.29 is 22.4 Å². The quantitative estimate of drug-likeness (QED) is 0.548. The summed E-state index contributed by atoms with van der Waals surface area (Å²) in [5.74, 6) is -0.339. The van der Waals surface area contributed by atoms with Gasteiger partial charge in [-0.25, -0.2) is 9.18 Å². The lowest BCUT2D eigenvalue weighted by Crippen LogP contribution is -2.29. The maximum Gasteiger partial charge on any atom is 0.418 e.